The van der Waals surface area contributed by atoms with Crippen molar-refractivity contribution in [2.45, 2.75) is 64.8 Å². The molecular formula is C18H31NO2. The van der Waals surface area contributed by atoms with Crippen LogP contribution in [0.25, 0.3) is 0 Å². The quantitative estimate of drug-likeness (QED) is 0.661. The summed E-state index contributed by atoms with van der Waals surface area (Å²) >= 11 is 0. The van der Waals surface area contributed by atoms with Crippen LogP contribution in [0.2, 0.25) is 0 Å². The second kappa shape index (κ2) is 9.67. The highest BCUT2D eigenvalue weighted by molar-refractivity contribution is 5.47. The van der Waals surface area contributed by atoms with Crippen LogP contribution in [-0.4, -0.2) is 20.3 Å². The Labute approximate surface area is 134 Å². The Morgan fingerprint density at radius 3 is 2.38 bits per heavy atom. The first kappa shape index (κ1) is 13.4. The molecule has 0 spiro atoms. The predicted octanol–water partition coefficient (Wildman–Crippen LogP) is 4.11. The highest BCUT2D eigenvalue weighted by atomic mass is 16.5. The number of unbranched alkanes of at least 4 members (excludes halogenated alkanes) is 2. The fourth-order valence-electron chi connectivity index (χ4n) is 2.42. The number of rotatable bonds is 10. The number of hydrogen-bond donors (Lipinski definition) is 1. The summed E-state index contributed by atoms with van der Waals surface area (Å²) < 4.78 is 32.7. The Bertz CT molecular complexity index is 504. The van der Waals surface area contributed by atoms with Crippen molar-refractivity contribution in [3.63, 3.8) is 0 Å². The van der Waals surface area contributed by atoms with Gasteiger partial charge in [0.25, 0.3) is 0 Å². The molecule has 0 amide bonds. The lowest BCUT2D eigenvalue weighted by molar-refractivity contribution is 0.392. The van der Waals surface area contributed by atoms with E-state index in [4.69, 9.17) is 19.3 Å². The van der Waals surface area contributed by atoms with Gasteiger partial charge in [0.15, 0.2) is 0 Å². The maximum absolute atomic E-state index is 7.23. The highest BCUT2D eigenvalue weighted by Crippen LogP contribution is 2.31. The zero-order chi connectivity index (χ0) is 18.2. The van der Waals surface area contributed by atoms with E-state index in [2.05, 4.69) is 6.92 Å². The molecule has 0 saturated heterocycles. The summed E-state index contributed by atoms with van der Waals surface area (Å²) in [4.78, 5) is 0. The zero-order valence-corrected chi connectivity index (χ0v) is 13.6. The van der Waals surface area contributed by atoms with Crippen LogP contribution in [0.15, 0.2) is 12.1 Å². The van der Waals surface area contributed by atoms with Crippen molar-refractivity contribution in [1.29, 1.82) is 0 Å². The number of ether oxygens (including phenoxy) is 2. The molecule has 1 aromatic rings. The molecule has 3 heteroatoms. The second-order valence-electron chi connectivity index (χ2n) is 5.41. The fraction of sp³-hybridized carbons (Fsp3) is 0.667. The molecule has 0 radical (unpaired) electrons. The Balaban J connectivity index is 2.72. The molecule has 1 unspecified atom stereocenters. The highest BCUT2D eigenvalue weighted by Gasteiger charge is 2.13. The van der Waals surface area contributed by atoms with E-state index in [0.29, 0.717) is 0 Å². The molecular weight excluding hydrogens is 262 g/mol. The van der Waals surface area contributed by atoms with Crippen molar-refractivity contribution in [3.05, 3.63) is 23.3 Å². The first-order chi connectivity index (χ1) is 11.3. The molecule has 1 rings (SSSR count). The van der Waals surface area contributed by atoms with Crippen LogP contribution in [0.1, 0.15) is 61.1 Å². The van der Waals surface area contributed by atoms with Crippen molar-refractivity contribution in [3.8, 4) is 11.5 Å². The molecule has 3 nitrogen and oxygen atoms in total. The van der Waals surface area contributed by atoms with Gasteiger partial charge in [0.1, 0.15) is 11.5 Å². The van der Waals surface area contributed by atoms with Gasteiger partial charge in [-0.05, 0) is 48.9 Å². The summed E-state index contributed by atoms with van der Waals surface area (Å²) in [6.07, 6.45) is 5.35. The first-order valence-corrected chi connectivity index (χ1v) is 7.80. The molecule has 0 heterocycles. The van der Waals surface area contributed by atoms with E-state index >= 15 is 0 Å². The summed E-state index contributed by atoms with van der Waals surface area (Å²) in [7, 11) is 3.34. The Kier molecular flexibility index (Phi) is 6.19. The van der Waals surface area contributed by atoms with Gasteiger partial charge in [-0.2, -0.15) is 0 Å². The van der Waals surface area contributed by atoms with Gasteiger partial charge in [-0.15, -0.1) is 0 Å². The van der Waals surface area contributed by atoms with E-state index in [1.807, 2.05) is 12.1 Å². The summed E-state index contributed by atoms with van der Waals surface area (Å²) in [5.74, 6) is 1.70. The summed E-state index contributed by atoms with van der Waals surface area (Å²) in [5, 5.41) is 0. The molecule has 0 aliphatic heterocycles. The van der Waals surface area contributed by atoms with E-state index in [-0.39, 0.29) is 12.5 Å². The van der Waals surface area contributed by atoms with Gasteiger partial charge in [-0.1, -0.05) is 33.0 Å². The SMILES string of the molecule is [2H]C([2H])([2H])CCCCCc1cc(OC)c(CC(N)CC)cc1OC. The number of benzene rings is 1. The minimum Gasteiger partial charge on any atom is -0.496 e. The van der Waals surface area contributed by atoms with Gasteiger partial charge in [-0.25, -0.2) is 0 Å². The van der Waals surface area contributed by atoms with Crippen LogP contribution in [0.3, 0.4) is 0 Å². The maximum atomic E-state index is 7.23. The van der Waals surface area contributed by atoms with E-state index < -0.39 is 6.85 Å². The maximum Gasteiger partial charge on any atom is 0.122 e. The largest absolute Gasteiger partial charge is 0.496 e. The van der Waals surface area contributed by atoms with E-state index in [0.717, 1.165) is 61.2 Å². The first-order valence-electron chi connectivity index (χ1n) is 9.30. The number of aryl methyl sites for hydroxylation is 1. The molecule has 0 bridgehead atoms. The number of nitrogens with two attached hydrogens (primary N) is 1. The van der Waals surface area contributed by atoms with Crippen LogP contribution in [-0.2, 0) is 12.8 Å². The minimum atomic E-state index is -1.82. The van der Waals surface area contributed by atoms with Gasteiger partial charge < -0.3 is 15.2 Å². The average molecular weight is 296 g/mol. The third-order valence-electron chi connectivity index (χ3n) is 3.81. The third-order valence-corrected chi connectivity index (χ3v) is 3.81. The standard InChI is InChI=1S/C18H31NO2/c1-5-7-8-9-10-14-12-18(21-4)15(11-16(19)6-2)13-17(14)20-3/h12-13,16H,5-11,19H2,1-4H3/i1D3. The second-order valence-corrected chi connectivity index (χ2v) is 5.41. The van der Waals surface area contributed by atoms with Crippen molar-refractivity contribution >= 4 is 0 Å². The van der Waals surface area contributed by atoms with Crippen LogP contribution in [0.5, 0.6) is 11.5 Å². The minimum absolute atomic E-state index is 0.106. The van der Waals surface area contributed by atoms with Crippen molar-refractivity contribution in [2.24, 2.45) is 5.73 Å². The molecule has 2 N–H and O–H groups in total. The van der Waals surface area contributed by atoms with Crippen molar-refractivity contribution < 1.29 is 13.6 Å². The lowest BCUT2D eigenvalue weighted by atomic mass is 9.98. The fourth-order valence-corrected chi connectivity index (χ4v) is 2.42. The van der Waals surface area contributed by atoms with E-state index in [1.165, 1.54) is 0 Å². The van der Waals surface area contributed by atoms with Gasteiger partial charge in [0.05, 0.1) is 14.2 Å². The normalized spacial score (nSPS) is 15.0. The molecule has 0 saturated carbocycles. The molecule has 0 aromatic heterocycles. The molecule has 0 aliphatic carbocycles. The smallest absolute Gasteiger partial charge is 0.122 e. The van der Waals surface area contributed by atoms with Crippen molar-refractivity contribution in [1.82, 2.24) is 0 Å². The Morgan fingerprint density at radius 1 is 1.10 bits per heavy atom. The summed E-state index contributed by atoms with van der Waals surface area (Å²) in [6.45, 7) is 0.253. The summed E-state index contributed by atoms with van der Waals surface area (Å²) in [6, 6.07) is 4.15. The van der Waals surface area contributed by atoms with Crippen molar-refractivity contribution in [2.75, 3.05) is 14.2 Å². The third kappa shape index (κ3) is 5.58. The van der Waals surface area contributed by atoms with Crippen LogP contribution in [0, 0.1) is 0 Å². The van der Waals surface area contributed by atoms with Crippen LogP contribution >= 0.6 is 0 Å². The Hall–Kier alpha value is -1.22. The van der Waals surface area contributed by atoms with E-state index in [9.17, 15) is 0 Å². The summed E-state index contributed by atoms with van der Waals surface area (Å²) in [5.41, 5.74) is 8.22. The zero-order valence-electron chi connectivity index (χ0n) is 16.6. The van der Waals surface area contributed by atoms with Gasteiger partial charge >= 0.3 is 0 Å². The molecule has 0 fully saturated rings. The molecule has 1 aromatic carbocycles. The topological polar surface area (TPSA) is 44.5 Å². The lowest BCUT2D eigenvalue weighted by Gasteiger charge is -2.17. The number of hydrogen-bond acceptors (Lipinski definition) is 3. The monoisotopic (exact) mass is 296 g/mol. The number of methoxy groups -OCH3 is 2. The Morgan fingerprint density at radius 2 is 1.76 bits per heavy atom. The average Bonchev–Trinajstić information content (AvgIpc) is 2.53. The van der Waals surface area contributed by atoms with Crippen LogP contribution in [0.4, 0.5) is 0 Å². The molecule has 0 aliphatic rings. The molecule has 120 valence electrons. The van der Waals surface area contributed by atoms with Gasteiger partial charge in [-0.3, -0.25) is 0 Å². The van der Waals surface area contributed by atoms with Crippen LogP contribution < -0.4 is 15.2 Å². The molecule has 1 atom stereocenters. The predicted molar refractivity (Wildman–Crippen MR) is 89.4 cm³/mol. The van der Waals surface area contributed by atoms with Gasteiger partial charge in [0.2, 0.25) is 0 Å². The van der Waals surface area contributed by atoms with Gasteiger partial charge in [0, 0.05) is 10.2 Å². The molecule has 21 heavy (non-hydrogen) atoms. The lowest BCUT2D eigenvalue weighted by Crippen LogP contribution is -2.21. The van der Waals surface area contributed by atoms with E-state index in [1.54, 1.807) is 14.2 Å².